The molecular formula is C37H42N6O4. The summed E-state index contributed by atoms with van der Waals surface area (Å²) in [6.07, 6.45) is 4.99. The number of piperidine rings is 1. The maximum absolute atomic E-state index is 13.3. The van der Waals surface area contributed by atoms with Gasteiger partial charge in [0, 0.05) is 41.0 Å². The lowest BCUT2D eigenvalue weighted by molar-refractivity contribution is 0.131. The first kappa shape index (κ1) is 30.7. The van der Waals surface area contributed by atoms with Gasteiger partial charge in [0.1, 0.15) is 5.82 Å². The van der Waals surface area contributed by atoms with Crippen molar-refractivity contribution in [2.75, 3.05) is 22.7 Å². The van der Waals surface area contributed by atoms with Crippen molar-refractivity contribution in [1.82, 2.24) is 14.7 Å². The van der Waals surface area contributed by atoms with Crippen LogP contribution in [0.2, 0.25) is 0 Å². The van der Waals surface area contributed by atoms with Crippen molar-refractivity contribution in [1.29, 1.82) is 0 Å². The van der Waals surface area contributed by atoms with Crippen LogP contribution in [0.25, 0.3) is 5.69 Å². The van der Waals surface area contributed by atoms with Crippen molar-refractivity contribution in [3.63, 3.8) is 0 Å². The number of aryl methyl sites for hydroxylation is 1. The first-order valence-corrected chi connectivity index (χ1v) is 16.4. The minimum absolute atomic E-state index is 0.0416. The van der Waals surface area contributed by atoms with E-state index in [1.54, 1.807) is 4.68 Å². The van der Waals surface area contributed by atoms with Crippen LogP contribution in [0.15, 0.2) is 72.8 Å². The molecule has 3 aromatic carbocycles. The molecule has 2 bridgehead atoms. The number of aromatic nitrogens is 2. The Morgan fingerprint density at radius 3 is 2.21 bits per heavy atom. The third-order valence-electron chi connectivity index (χ3n) is 9.42. The summed E-state index contributed by atoms with van der Waals surface area (Å²) in [4.78, 5) is 28.4. The number of carbonyl (C=O) groups is 2. The quantitative estimate of drug-likeness (QED) is 0.200. The predicted octanol–water partition coefficient (Wildman–Crippen LogP) is 7.87. The highest BCUT2D eigenvalue weighted by Gasteiger charge is 2.43. The van der Waals surface area contributed by atoms with Crippen molar-refractivity contribution in [2.24, 2.45) is 5.92 Å². The van der Waals surface area contributed by atoms with Crippen LogP contribution in [0.3, 0.4) is 0 Å². The predicted molar refractivity (Wildman–Crippen MR) is 183 cm³/mol. The summed E-state index contributed by atoms with van der Waals surface area (Å²) in [6.45, 7) is 8.57. The van der Waals surface area contributed by atoms with Gasteiger partial charge in [-0.3, -0.25) is 5.32 Å². The lowest BCUT2D eigenvalue weighted by Gasteiger charge is -2.39. The van der Waals surface area contributed by atoms with Crippen molar-refractivity contribution >= 4 is 29.3 Å². The van der Waals surface area contributed by atoms with E-state index in [1.165, 1.54) is 5.56 Å². The summed E-state index contributed by atoms with van der Waals surface area (Å²) in [5.74, 6) is 2.47. The highest BCUT2D eigenvalue weighted by atomic mass is 16.7. The second-order valence-electron chi connectivity index (χ2n) is 14.0. The maximum atomic E-state index is 13.3. The van der Waals surface area contributed by atoms with Gasteiger partial charge < -0.3 is 25.0 Å². The second-order valence-corrected chi connectivity index (χ2v) is 14.0. The minimum Gasteiger partial charge on any atom is -0.454 e. The summed E-state index contributed by atoms with van der Waals surface area (Å²) >= 11 is 0. The van der Waals surface area contributed by atoms with Gasteiger partial charge in [0.05, 0.1) is 11.4 Å². The van der Waals surface area contributed by atoms with Gasteiger partial charge >= 0.3 is 12.1 Å². The largest absolute Gasteiger partial charge is 0.454 e. The molecule has 4 aromatic rings. The molecule has 10 heteroatoms. The third-order valence-corrected chi connectivity index (χ3v) is 9.42. The number of fused-ring (bicyclic) bond motifs is 3. The van der Waals surface area contributed by atoms with E-state index < -0.39 is 0 Å². The molecule has 4 amide bonds. The molecule has 0 spiro atoms. The smallest absolute Gasteiger partial charge is 0.324 e. The summed E-state index contributed by atoms with van der Waals surface area (Å²) in [5, 5.41) is 13.9. The summed E-state index contributed by atoms with van der Waals surface area (Å²) in [7, 11) is 0. The zero-order chi connectivity index (χ0) is 32.7. The number of benzene rings is 3. The SMILES string of the molecule is Cc1ccc(-n2nc(C(C)(C)C)cc2NC(=O)Nc2ccc(C[C@H]3C[C@H]4CC[C@@H](C3)N4C(=O)Nc3ccc4c(c3)OCO4)cc2)cc1. The highest BCUT2D eigenvalue weighted by Crippen LogP contribution is 2.41. The first-order valence-electron chi connectivity index (χ1n) is 16.4. The average molecular weight is 635 g/mol. The van der Waals surface area contributed by atoms with Gasteiger partial charge in [0.25, 0.3) is 0 Å². The molecule has 1 aromatic heterocycles. The van der Waals surface area contributed by atoms with Crippen molar-refractivity contribution in [2.45, 2.75) is 77.3 Å². The van der Waals surface area contributed by atoms with E-state index in [1.807, 2.05) is 67.6 Å². The van der Waals surface area contributed by atoms with Gasteiger partial charge in [-0.25, -0.2) is 14.3 Å². The Morgan fingerprint density at radius 2 is 1.51 bits per heavy atom. The molecule has 3 aliphatic rings. The molecule has 0 saturated carbocycles. The third kappa shape index (κ3) is 6.63. The number of ether oxygens (including phenoxy) is 2. The van der Waals surface area contributed by atoms with E-state index in [0.717, 1.165) is 60.4 Å². The monoisotopic (exact) mass is 634 g/mol. The lowest BCUT2D eigenvalue weighted by atomic mass is 9.86. The Kier molecular flexibility index (Phi) is 8.03. The molecule has 0 aliphatic carbocycles. The molecule has 3 aliphatic heterocycles. The maximum Gasteiger partial charge on any atom is 0.324 e. The van der Waals surface area contributed by atoms with E-state index in [4.69, 9.17) is 14.6 Å². The van der Waals surface area contributed by atoms with E-state index in [2.05, 4.69) is 53.8 Å². The van der Waals surface area contributed by atoms with E-state index in [0.29, 0.717) is 23.2 Å². The Bertz CT molecular complexity index is 1760. The molecular weight excluding hydrogens is 592 g/mol. The zero-order valence-corrected chi connectivity index (χ0v) is 27.4. The average Bonchev–Trinajstić information content (AvgIpc) is 3.74. The number of urea groups is 2. The molecule has 3 atom stereocenters. The molecule has 2 saturated heterocycles. The molecule has 0 radical (unpaired) electrons. The molecule has 3 N–H and O–H groups in total. The zero-order valence-electron chi connectivity index (χ0n) is 27.4. The van der Waals surface area contributed by atoms with Gasteiger partial charge in [-0.15, -0.1) is 0 Å². The fraction of sp³-hybridized carbons (Fsp3) is 0.378. The number of amides is 4. The van der Waals surface area contributed by atoms with Crippen LogP contribution >= 0.6 is 0 Å². The van der Waals surface area contributed by atoms with Gasteiger partial charge in [0.2, 0.25) is 6.79 Å². The molecule has 10 nitrogen and oxygen atoms in total. The van der Waals surface area contributed by atoms with E-state index in [9.17, 15) is 9.59 Å². The Balaban J connectivity index is 0.944. The van der Waals surface area contributed by atoms with Crippen LogP contribution in [-0.4, -0.2) is 45.6 Å². The van der Waals surface area contributed by atoms with E-state index >= 15 is 0 Å². The number of nitrogens with zero attached hydrogens (tertiary/aromatic N) is 3. The summed E-state index contributed by atoms with van der Waals surface area (Å²) in [6, 6.07) is 23.7. The Hall–Kier alpha value is -4.99. The van der Waals surface area contributed by atoms with E-state index in [-0.39, 0.29) is 36.4 Å². The van der Waals surface area contributed by atoms with Crippen LogP contribution in [-0.2, 0) is 11.8 Å². The fourth-order valence-electron chi connectivity index (χ4n) is 7.01. The fourth-order valence-corrected chi connectivity index (χ4v) is 7.01. The number of nitrogens with one attached hydrogen (secondary N) is 3. The highest BCUT2D eigenvalue weighted by molar-refractivity contribution is 5.99. The van der Waals surface area contributed by atoms with Crippen LogP contribution in [0.4, 0.5) is 26.8 Å². The van der Waals surface area contributed by atoms with Gasteiger partial charge in [-0.05, 0) is 86.9 Å². The van der Waals surface area contributed by atoms with Gasteiger partial charge in [0.15, 0.2) is 11.5 Å². The molecule has 0 unspecified atom stereocenters. The van der Waals surface area contributed by atoms with Crippen LogP contribution < -0.4 is 25.4 Å². The Morgan fingerprint density at radius 1 is 0.830 bits per heavy atom. The van der Waals surface area contributed by atoms with Crippen molar-refractivity contribution in [3.05, 3.63) is 89.6 Å². The molecule has 244 valence electrons. The molecule has 7 rings (SSSR count). The Labute approximate surface area is 275 Å². The second kappa shape index (κ2) is 12.3. The number of hydrogen-bond acceptors (Lipinski definition) is 5. The first-order chi connectivity index (χ1) is 22.6. The number of hydrogen-bond donors (Lipinski definition) is 3. The lowest BCUT2D eigenvalue weighted by Crippen LogP contribution is -2.48. The number of rotatable bonds is 6. The normalized spacial score (nSPS) is 19.8. The summed E-state index contributed by atoms with van der Waals surface area (Å²) < 4.78 is 12.6. The standard InChI is InChI=1S/C37H42N6O4/c1-23-5-12-28(13-6-23)43-34(21-33(41-43)37(2,3)4)40-35(44)38-26-9-7-24(8-10-26)17-25-18-29-14-15-30(19-25)42(29)36(45)39-27-11-16-31-32(20-27)47-22-46-31/h5-13,16,20-21,25,29-30H,14-15,17-19,22H2,1-4H3,(H,39,45)(H2,38,40,44)/t25-,29+,30-. The van der Waals surface area contributed by atoms with Crippen molar-refractivity contribution in [3.8, 4) is 17.2 Å². The number of carbonyl (C=O) groups excluding carboxylic acids is 2. The minimum atomic E-state index is -0.325. The topological polar surface area (TPSA) is 110 Å². The summed E-state index contributed by atoms with van der Waals surface area (Å²) in [5.41, 5.74) is 5.43. The molecule has 4 heterocycles. The van der Waals surface area contributed by atoms with Crippen LogP contribution in [0.1, 0.15) is 63.3 Å². The van der Waals surface area contributed by atoms with Crippen molar-refractivity contribution < 1.29 is 19.1 Å². The van der Waals surface area contributed by atoms with Gasteiger partial charge in [-0.2, -0.15) is 5.10 Å². The van der Waals surface area contributed by atoms with Gasteiger partial charge in [-0.1, -0.05) is 50.6 Å². The van der Waals surface area contributed by atoms with Crippen LogP contribution in [0.5, 0.6) is 11.5 Å². The molecule has 47 heavy (non-hydrogen) atoms. The van der Waals surface area contributed by atoms with Crippen LogP contribution in [0, 0.1) is 12.8 Å². The number of anilines is 3. The molecule has 2 fully saturated rings.